The molecule has 0 N–H and O–H groups in total. The lowest BCUT2D eigenvalue weighted by atomic mass is 9.68. The van der Waals surface area contributed by atoms with Gasteiger partial charge < -0.3 is 0 Å². The fraction of sp³-hybridized carbons (Fsp3) is 0.615. The largest absolute Gasteiger partial charge is 0.295 e. The van der Waals surface area contributed by atoms with Crippen molar-refractivity contribution in [3.05, 3.63) is 23.8 Å². The van der Waals surface area contributed by atoms with Crippen LogP contribution in [0.5, 0.6) is 0 Å². The van der Waals surface area contributed by atoms with E-state index < -0.39 is 0 Å². The van der Waals surface area contributed by atoms with Crippen molar-refractivity contribution < 1.29 is 4.79 Å². The van der Waals surface area contributed by atoms with Gasteiger partial charge >= 0.3 is 0 Å². The molecule has 0 aromatic carbocycles. The van der Waals surface area contributed by atoms with Gasteiger partial charge in [-0.2, -0.15) is 0 Å². The summed E-state index contributed by atoms with van der Waals surface area (Å²) in [6, 6.07) is 0. The zero-order chi connectivity index (χ0) is 10.3. The van der Waals surface area contributed by atoms with E-state index in [2.05, 4.69) is 20.4 Å². The first-order valence-electron chi connectivity index (χ1n) is 5.40. The Morgan fingerprint density at radius 3 is 3.00 bits per heavy atom. The third kappa shape index (κ3) is 1.45. The normalized spacial score (nSPS) is 36.6. The zero-order valence-electron chi connectivity index (χ0n) is 9.10. The summed E-state index contributed by atoms with van der Waals surface area (Å²) >= 11 is 0. The second kappa shape index (κ2) is 3.08. The molecule has 0 aliphatic heterocycles. The lowest BCUT2D eigenvalue weighted by molar-refractivity contribution is -0.115. The van der Waals surface area contributed by atoms with Crippen molar-refractivity contribution >= 4 is 5.78 Å². The molecule has 0 saturated heterocycles. The number of rotatable bonds is 1. The van der Waals surface area contributed by atoms with Gasteiger partial charge in [0, 0.05) is 6.42 Å². The summed E-state index contributed by atoms with van der Waals surface area (Å²) in [7, 11) is 0. The summed E-state index contributed by atoms with van der Waals surface area (Å²) in [5, 5.41) is 0. The highest BCUT2D eigenvalue weighted by molar-refractivity contribution is 5.94. The third-order valence-electron chi connectivity index (χ3n) is 3.88. The topological polar surface area (TPSA) is 17.1 Å². The summed E-state index contributed by atoms with van der Waals surface area (Å²) in [5.74, 6) is 0.935. The van der Waals surface area contributed by atoms with Crippen LogP contribution in [0.1, 0.15) is 39.5 Å². The van der Waals surface area contributed by atoms with Gasteiger partial charge in [-0.1, -0.05) is 24.6 Å². The fourth-order valence-electron chi connectivity index (χ4n) is 2.75. The molecule has 1 fully saturated rings. The quantitative estimate of drug-likeness (QED) is 0.580. The van der Waals surface area contributed by atoms with Crippen LogP contribution in [0.15, 0.2) is 23.8 Å². The van der Waals surface area contributed by atoms with Crippen LogP contribution in [-0.4, -0.2) is 5.78 Å². The van der Waals surface area contributed by atoms with Crippen LogP contribution in [0.25, 0.3) is 0 Å². The average molecular weight is 190 g/mol. The summed E-state index contributed by atoms with van der Waals surface area (Å²) < 4.78 is 0. The molecular formula is C13H18O. The first kappa shape index (κ1) is 9.70. The first-order chi connectivity index (χ1) is 6.51. The van der Waals surface area contributed by atoms with Crippen molar-refractivity contribution in [2.75, 3.05) is 0 Å². The molecule has 2 atom stereocenters. The average Bonchev–Trinajstić information content (AvgIpc) is 2.37. The minimum absolute atomic E-state index is 0.197. The third-order valence-corrected chi connectivity index (χ3v) is 3.88. The second-order valence-electron chi connectivity index (χ2n) is 5.16. The zero-order valence-corrected chi connectivity index (χ0v) is 9.10. The number of ketones is 1. The molecule has 14 heavy (non-hydrogen) atoms. The molecule has 0 aromatic heterocycles. The van der Waals surface area contributed by atoms with Crippen molar-refractivity contribution in [1.82, 2.24) is 0 Å². The maximum absolute atomic E-state index is 11.4. The van der Waals surface area contributed by atoms with E-state index in [1.807, 2.05) is 6.08 Å². The molecule has 0 bridgehead atoms. The number of allylic oxidation sites excluding steroid dienone is 3. The number of hydrogen-bond acceptors (Lipinski definition) is 1. The molecular weight excluding hydrogens is 172 g/mol. The van der Waals surface area contributed by atoms with E-state index in [1.165, 1.54) is 17.6 Å². The highest BCUT2D eigenvalue weighted by Gasteiger charge is 2.40. The fourth-order valence-corrected chi connectivity index (χ4v) is 2.75. The van der Waals surface area contributed by atoms with Crippen molar-refractivity contribution in [3.8, 4) is 0 Å². The Kier molecular flexibility index (Phi) is 2.13. The Morgan fingerprint density at radius 1 is 1.64 bits per heavy atom. The molecule has 0 unspecified atom stereocenters. The van der Waals surface area contributed by atoms with Gasteiger partial charge in [-0.05, 0) is 43.6 Å². The van der Waals surface area contributed by atoms with Gasteiger partial charge in [0.25, 0.3) is 0 Å². The summed E-state index contributed by atoms with van der Waals surface area (Å²) in [4.78, 5) is 11.4. The Labute approximate surface area is 85.9 Å². The predicted molar refractivity (Wildman–Crippen MR) is 58.0 cm³/mol. The van der Waals surface area contributed by atoms with Gasteiger partial charge in [-0.15, -0.1) is 0 Å². The van der Waals surface area contributed by atoms with Crippen LogP contribution >= 0.6 is 0 Å². The van der Waals surface area contributed by atoms with E-state index in [4.69, 9.17) is 0 Å². The maximum atomic E-state index is 11.4. The minimum Gasteiger partial charge on any atom is -0.295 e. The van der Waals surface area contributed by atoms with Crippen LogP contribution in [0.4, 0.5) is 0 Å². The Bertz CT molecular complexity index is 324. The van der Waals surface area contributed by atoms with E-state index in [-0.39, 0.29) is 5.41 Å². The van der Waals surface area contributed by atoms with Crippen molar-refractivity contribution in [2.24, 2.45) is 11.3 Å². The van der Waals surface area contributed by atoms with Gasteiger partial charge in [0.05, 0.1) is 0 Å². The lowest BCUT2D eigenvalue weighted by Crippen LogP contribution is -2.25. The SMILES string of the molecule is C=C(C)[C@@H]1CC[C@]2(C)CC(=O)C=C2C1. The van der Waals surface area contributed by atoms with Crippen molar-refractivity contribution in [3.63, 3.8) is 0 Å². The van der Waals surface area contributed by atoms with Gasteiger partial charge in [0.15, 0.2) is 5.78 Å². The van der Waals surface area contributed by atoms with E-state index >= 15 is 0 Å². The number of fused-ring (bicyclic) bond motifs is 1. The Balaban J connectivity index is 2.21. The molecule has 1 nitrogen and oxygen atoms in total. The molecule has 0 aromatic rings. The van der Waals surface area contributed by atoms with E-state index in [9.17, 15) is 4.79 Å². The molecule has 2 aliphatic carbocycles. The smallest absolute Gasteiger partial charge is 0.156 e. The molecule has 0 spiro atoms. The van der Waals surface area contributed by atoms with Crippen LogP contribution in [0.3, 0.4) is 0 Å². The van der Waals surface area contributed by atoms with Gasteiger partial charge in [0.2, 0.25) is 0 Å². The highest BCUT2D eigenvalue weighted by atomic mass is 16.1. The number of carbonyl (C=O) groups is 1. The molecule has 2 rings (SSSR count). The Hall–Kier alpha value is -0.850. The molecule has 0 radical (unpaired) electrons. The molecule has 2 aliphatic rings. The molecule has 0 heterocycles. The summed E-state index contributed by atoms with van der Waals surface area (Å²) in [5.41, 5.74) is 2.84. The minimum atomic E-state index is 0.197. The van der Waals surface area contributed by atoms with Crippen molar-refractivity contribution in [2.45, 2.75) is 39.5 Å². The van der Waals surface area contributed by atoms with Crippen LogP contribution < -0.4 is 0 Å². The van der Waals surface area contributed by atoms with E-state index in [1.54, 1.807) is 0 Å². The maximum Gasteiger partial charge on any atom is 0.156 e. The monoisotopic (exact) mass is 190 g/mol. The Morgan fingerprint density at radius 2 is 2.36 bits per heavy atom. The van der Waals surface area contributed by atoms with E-state index in [0.717, 1.165) is 19.3 Å². The molecule has 1 heteroatoms. The van der Waals surface area contributed by atoms with Crippen LogP contribution in [-0.2, 0) is 4.79 Å². The van der Waals surface area contributed by atoms with Gasteiger partial charge in [-0.25, -0.2) is 0 Å². The van der Waals surface area contributed by atoms with E-state index in [0.29, 0.717) is 11.7 Å². The standard InChI is InChI=1S/C13H18O/c1-9(2)10-4-5-13(3)8-12(14)7-11(13)6-10/h7,10H,1,4-6,8H2,2-3H3/t10-,13-/m1/s1. The summed E-state index contributed by atoms with van der Waals surface area (Å²) in [6.45, 7) is 8.36. The molecule has 0 amide bonds. The van der Waals surface area contributed by atoms with Crippen LogP contribution in [0, 0.1) is 11.3 Å². The molecule has 1 saturated carbocycles. The number of hydrogen-bond donors (Lipinski definition) is 0. The second-order valence-corrected chi connectivity index (χ2v) is 5.16. The number of carbonyl (C=O) groups excluding carboxylic acids is 1. The van der Waals surface area contributed by atoms with Gasteiger partial charge in [0.1, 0.15) is 0 Å². The highest BCUT2D eigenvalue weighted by Crippen LogP contribution is 2.50. The van der Waals surface area contributed by atoms with Crippen LogP contribution in [0.2, 0.25) is 0 Å². The van der Waals surface area contributed by atoms with Crippen molar-refractivity contribution in [1.29, 1.82) is 0 Å². The first-order valence-corrected chi connectivity index (χ1v) is 5.40. The van der Waals surface area contributed by atoms with Gasteiger partial charge in [-0.3, -0.25) is 4.79 Å². The molecule has 76 valence electrons. The summed E-state index contributed by atoms with van der Waals surface area (Å²) in [6.07, 6.45) is 6.05. The predicted octanol–water partition coefficient (Wildman–Crippen LogP) is 3.27. The lowest BCUT2D eigenvalue weighted by Gasteiger charge is -2.36.